The molecule has 1 saturated heterocycles. The highest BCUT2D eigenvalue weighted by Gasteiger charge is 2.31. The molecule has 1 fully saturated rings. The van der Waals surface area contributed by atoms with Gasteiger partial charge in [0, 0.05) is 19.6 Å². The van der Waals surface area contributed by atoms with Crippen molar-refractivity contribution < 1.29 is 4.92 Å². The zero-order valence-electron chi connectivity index (χ0n) is 11.7. The maximum atomic E-state index is 11.4. The van der Waals surface area contributed by atoms with Crippen LogP contribution in [0.5, 0.6) is 0 Å². The molecule has 2 unspecified atom stereocenters. The minimum atomic E-state index is -0.277. The second kappa shape index (κ2) is 5.47. The van der Waals surface area contributed by atoms with E-state index in [4.69, 9.17) is 0 Å². The first kappa shape index (κ1) is 13.6. The number of hydrogen-bond donors (Lipinski definition) is 1. The van der Waals surface area contributed by atoms with E-state index < -0.39 is 0 Å². The highest BCUT2D eigenvalue weighted by molar-refractivity contribution is 5.77. The number of hydrogen-bond acceptors (Lipinski definition) is 4. The third kappa shape index (κ3) is 2.64. The quantitative estimate of drug-likeness (QED) is 0.669. The average Bonchev–Trinajstić information content (AvgIpc) is 2.69. The second-order valence-corrected chi connectivity index (χ2v) is 5.32. The van der Waals surface area contributed by atoms with E-state index in [1.807, 2.05) is 19.1 Å². The summed E-state index contributed by atoms with van der Waals surface area (Å²) in [7, 11) is 0. The van der Waals surface area contributed by atoms with E-state index in [-0.39, 0.29) is 10.6 Å². The lowest BCUT2D eigenvalue weighted by molar-refractivity contribution is -0.383. The van der Waals surface area contributed by atoms with Crippen molar-refractivity contribution in [1.82, 2.24) is 0 Å². The molecule has 0 spiro atoms. The topological polar surface area (TPSA) is 58.4 Å². The van der Waals surface area contributed by atoms with Crippen molar-refractivity contribution in [1.29, 1.82) is 0 Å². The molecule has 0 bridgehead atoms. The van der Waals surface area contributed by atoms with Gasteiger partial charge in [-0.25, -0.2) is 0 Å². The van der Waals surface area contributed by atoms with Gasteiger partial charge in [0.05, 0.1) is 4.92 Å². The number of nitro groups is 1. The SMILES string of the molecule is CCNc1cccc(N2CC(C)C(C)C2)c1[N+](=O)[O-]. The van der Waals surface area contributed by atoms with E-state index >= 15 is 0 Å². The maximum absolute atomic E-state index is 11.4. The van der Waals surface area contributed by atoms with Gasteiger partial charge < -0.3 is 10.2 Å². The molecule has 0 saturated carbocycles. The summed E-state index contributed by atoms with van der Waals surface area (Å²) in [6.07, 6.45) is 0. The van der Waals surface area contributed by atoms with Gasteiger partial charge >= 0.3 is 5.69 Å². The Kier molecular flexibility index (Phi) is 3.93. The fraction of sp³-hybridized carbons (Fsp3) is 0.571. The molecule has 1 N–H and O–H groups in total. The van der Waals surface area contributed by atoms with Gasteiger partial charge in [-0.2, -0.15) is 0 Å². The Balaban J connectivity index is 2.40. The fourth-order valence-electron chi connectivity index (χ4n) is 2.64. The van der Waals surface area contributed by atoms with Gasteiger partial charge in [0.25, 0.3) is 0 Å². The van der Waals surface area contributed by atoms with Gasteiger partial charge in [-0.05, 0) is 30.9 Å². The van der Waals surface area contributed by atoms with Crippen molar-refractivity contribution >= 4 is 17.1 Å². The van der Waals surface area contributed by atoms with Crippen LogP contribution in [0.1, 0.15) is 20.8 Å². The predicted octanol–water partition coefficient (Wildman–Crippen LogP) is 3.12. The molecule has 0 radical (unpaired) electrons. The molecule has 5 nitrogen and oxygen atoms in total. The van der Waals surface area contributed by atoms with Gasteiger partial charge in [-0.3, -0.25) is 10.1 Å². The zero-order valence-corrected chi connectivity index (χ0v) is 11.7. The van der Waals surface area contributed by atoms with E-state index in [0.717, 1.165) is 18.8 Å². The standard InChI is InChI=1S/C14H21N3O2/c1-4-15-12-6-5-7-13(14(12)17(18)19)16-8-10(2)11(3)9-16/h5-7,10-11,15H,4,8-9H2,1-3H3. The van der Waals surface area contributed by atoms with Crippen molar-refractivity contribution in [2.24, 2.45) is 11.8 Å². The lowest BCUT2D eigenvalue weighted by Gasteiger charge is -2.19. The molecule has 1 heterocycles. The molecular weight excluding hydrogens is 242 g/mol. The van der Waals surface area contributed by atoms with Crippen LogP contribution in [-0.2, 0) is 0 Å². The van der Waals surface area contributed by atoms with Crippen LogP contribution >= 0.6 is 0 Å². The second-order valence-electron chi connectivity index (χ2n) is 5.32. The van der Waals surface area contributed by atoms with Gasteiger partial charge in [0.2, 0.25) is 0 Å². The van der Waals surface area contributed by atoms with E-state index in [0.29, 0.717) is 24.1 Å². The molecule has 0 amide bonds. The van der Waals surface area contributed by atoms with Crippen LogP contribution in [0.25, 0.3) is 0 Å². The summed E-state index contributed by atoms with van der Waals surface area (Å²) in [5, 5.41) is 14.5. The number of rotatable bonds is 4. The van der Waals surface area contributed by atoms with Gasteiger partial charge in [-0.15, -0.1) is 0 Å². The van der Waals surface area contributed by atoms with Crippen LogP contribution in [0.3, 0.4) is 0 Å². The molecule has 1 aliphatic heterocycles. The molecule has 1 aromatic carbocycles. The predicted molar refractivity (Wildman–Crippen MR) is 77.8 cm³/mol. The zero-order chi connectivity index (χ0) is 14.0. The number of anilines is 2. The summed E-state index contributed by atoms with van der Waals surface area (Å²) in [6.45, 7) is 8.79. The first-order chi connectivity index (χ1) is 9.04. The molecular formula is C14H21N3O2. The number of nitro benzene ring substituents is 1. The van der Waals surface area contributed by atoms with Crippen molar-refractivity contribution in [2.45, 2.75) is 20.8 Å². The number of nitrogens with one attached hydrogen (secondary N) is 1. The van der Waals surface area contributed by atoms with Gasteiger partial charge in [0.15, 0.2) is 0 Å². The number of nitrogens with zero attached hydrogens (tertiary/aromatic N) is 2. The molecule has 104 valence electrons. The van der Waals surface area contributed by atoms with Crippen LogP contribution in [0, 0.1) is 22.0 Å². The summed E-state index contributed by atoms with van der Waals surface area (Å²) in [4.78, 5) is 13.2. The first-order valence-electron chi connectivity index (χ1n) is 6.80. The van der Waals surface area contributed by atoms with Crippen LogP contribution in [0.2, 0.25) is 0 Å². The Morgan fingerprint density at radius 2 is 2.00 bits per heavy atom. The molecule has 0 aliphatic carbocycles. The fourth-order valence-corrected chi connectivity index (χ4v) is 2.64. The Bertz CT molecular complexity index is 466. The molecule has 2 rings (SSSR count). The highest BCUT2D eigenvalue weighted by atomic mass is 16.6. The normalized spacial score (nSPS) is 22.6. The summed E-state index contributed by atoms with van der Waals surface area (Å²) in [5.74, 6) is 1.14. The van der Waals surface area contributed by atoms with Crippen LogP contribution in [0.4, 0.5) is 17.1 Å². The van der Waals surface area contributed by atoms with Crippen LogP contribution in [-0.4, -0.2) is 24.6 Å². The van der Waals surface area contributed by atoms with Crippen LogP contribution < -0.4 is 10.2 Å². The Hall–Kier alpha value is -1.78. The Morgan fingerprint density at radius 3 is 2.53 bits per heavy atom. The lowest BCUT2D eigenvalue weighted by Crippen LogP contribution is -2.21. The molecule has 2 atom stereocenters. The molecule has 19 heavy (non-hydrogen) atoms. The monoisotopic (exact) mass is 263 g/mol. The van der Waals surface area contributed by atoms with Crippen molar-refractivity contribution in [3.8, 4) is 0 Å². The first-order valence-corrected chi connectivity index (χ1v) is 6.80. The molecule has 1 aliphatic rings. The van der Waals surface area contributed by atoms with Crippen LogP contribution in [0.15, 0.2) is 18.2 Å². The average molecular weight is 263 g/mol. The van der Waals surface area contributed by atoms with E-state index in [2.05, 4.69) is 24.1 Å². The molecule has 0 aromatic heterocycles. The maximum Gasteiger partial charge on any atom is 0.315 e. The summed E-state index contributed by atoms with van der Waals surface area (Å²) >= 11 is 0. The third-order valence-electron chi connectivity index (χ3n) is 3.89. The van der Waals surface area contributed by atoms with E-state index in [1.165, 1.54) is 0 Å². The highest BCUT2D eigenvalue weighted by Crippen LogP contribution is 2.38. The molecule has 5 heteroatoms. The third-order valence-corrected chi connectivity index (χ3v) is 3.89. The number of benzene rings is 1. The van der Waals surface area contributed by atoms with Crippen molar-refractivity contribution in [2.75, 3.05) is 29.9 Å². The number of para-hydroxylation sites is 1. The minimum absolute atomic E-state index is 0.200. The van der Waals surface area contributed by atoms with Gasteiger partial charge in [-0.1, -0.05) is 19.9 Å². The van der Waals surface area contributed by atoms with Crippen molar-refractivity contribution in [3.63, 3.8) is 0 Å². The Morgan fingerprint density at radius 1 is 1.37 bits per heavy atom. The summed E-state index contributed by atoms with van der Waals surface area (Å²) < 4.78 is 0. The lowest BCUT2D eigenvalue weighted by atomic mass is 10.0. The molecule has 1 aromatic rings. The van der Waals surface area contributed by atoms with Crippen molar-refractivity contribution in [3.05, 3.63) is 28.3 Å². The van der Waals surface area contributed by atoms with E-state index in [1.54, 1.807) is 6.07 Å². The summed E-state index contributed by atoms with van der Waals surface area (Å²) in [6, 6.07) is 5.51. The summed E-state index contributed by atoms with van der Waals surface area (Å²) in [5.41, 5.74) is 1.54. The smallest absolute Gasteiger partial charge is 0.315 e. The Labute approximate surface area is 113 Å². The minimum Gasteiger partial charge on any atom is -0.380 e. The largest absolute Gasteiger partial charge is 0.380 e. The van der Waals surface area contributed by atoms with E-state index in [9.17, 15) is 10.1 Å². The van der Waals surface area contributed by atoms with Gasteiger partial charge in [0.1, 0.15) is 11.4 Å².